The summed E-state index contributed by atoms with van der Waals surface area (Å²) < 4.78 is 5.47. The van der Waals surface area contributed by atoms with Crippen LogP contribution >= 0.6 is 11.3 Å². The molecule has 0 saturated carbocycles. The van der Waals surface area contributed by atoms with Crippen molar-refractivity contribution in [3.05, 3.63) is 52.2 Å². The van der Waals surface area contributed by atoms with E-state index in [0.717, 1.165) is 71.2 Å². The summed E-state index contributed by atoms with van der Waals surface area (Å²) in [6.07, 6.45) is 0. The molecule has 0 spiro atoms. The van der Waals surface area contributed by atoms with E-state index >= 15 is 0 Å². The van der Waals surface area contributed by atoms with Crippen molar-refractivity contribution in [2.24, 2.45) is 0 Å². The molecule has 2 aliphatic heterocycles. The number of para-hydroxylation sites is 1. The molecule has 2 fully saturated rings. The minimum atomic E-state index is 0.281. The van der Waals surface area contributed by atoms with Gasteiger partial charge in [0, 0.05) is 71.0 Å². The number of methoxy groups -OCH3 is 1. The SMILES string of the molecule is COc1ccccc1CN1CCN(CC(=O)N2CCN(Cc3ccsc3)CC2)CC1. The van der Waals surface area contributed by atoms with E-state index in [1.165, 1.54) is 11.1 Å². The third-order valence-corrected chi connectivity index (χ3v) is 6.85. The number of amides is 1. The smallest absolute Gasteiger partial charge is 0.236 e. The molecule has 0 bridgehead atoms. The van der Waals surface area contributed by atoms with Gasteiger partial charge in [0.2, 0.25) is 5.91 Å². The molecule has 1 aromatic heterocycles. The van der Waals surface area contributed by atoms with Crippen LogP contribution in [-0.4, -0.2) is 91.5 Å². The minimum absolute atomic E-state index is 0.281. The topological polar surface area (TPSA) is 39.3 Å². The number of benzene rings is 1. The van der Waals surface area contributed by atoms with Gasteiger partial charge in [0.05, 0.1) is 13.7 Å². The number of piperazine rings is 2. The summed E-state index contributed by atoms with van der Waals surface area (Å²) >= 11 is 1.75. The Kier molecular flexibility index (Phi) is 7.38. The molecule has 0 radical (unpaired) electrons. The van der Waals surface area contributed by atoms with Crippen LogP contribution in [0.1, 0.15) is 11.1 Å². The summed E-state index contributed by atoms with van der Waals surface area (Å²) in [6.45, 7) is 9.93. The maximum absolute atomic E-state index is 12.8. The van der Waals surface area contributed by atoms with E-state index in [1.54, 1.807) is 18.4 Å². The van der Waals surface area contributed by atoms with Gasteiger partial charge >= 0.3 is 0 Å². The average molecular weight is 429 g/mol. The van der Waals surface area contributed by atoms with E-state index in [0.29, 0.717) is 6.54 Å². The van der Waals surface area contributed by atoms with Gasteiger partial charge in [-0.2, -0.15) is 11.3 Å². The molecular weight excluding hydrogens is 396 g/mol. The largest absolute Gasteiger partial charge is 0.496 e. The van der Waals surface area contributed by atoms with Crippen LogP contribution in [0, 0.1) is 0 Å². The number of ether oxygens (including phenoxy) is 1. The molecule has 162 valence electrons. The number of hydrogen-bond acceptors (Lipinski definition) is 6. The van der Waals surface area contributed by atoms with E-state index in [1.807, 2.05) is 17.0 Å². The summed E-state index contributed by atoms with van der Waals surface area (Å²) in [5, 5.41) is 4.34. The molecule has 30 heavy (non-hydrogen) atoms. The quantitative estimate of drug-likeness (QED) is 0.676. The van der Waals surface area contributed by atoms with Crippen molar-refractivity contribution in [3.63, 3.8) is 0 Å². The Morgan fingerprint density at radius 1 is 0.900 bits per heavy atom. The minimum Gasteiger partial charge on any atom is -0.496 e. The van der Waals surface area contributed by atoms with Gasteiger partial charge in [0.25, 0.3) is 0 Å². The van der Waals surface area contributed by atoms with Gasteiger partial charge in [-0.3, -0.25) is 19.5 Å². The van der Waals surface area contributed by atoms with Gasteiger partial charge in [-0.05, 0) is 28.5 Å². The van der Waals surface area contributed by atoms with Gasteiger partial charge in [-0.1, -0.05) is 18.2 Å². The fourth-order valence-corrected chi connectivity index (χ4v) is 4.93. The molecule has 6 nitrogen and oxygen atoms in total. The van der Waals surface area contributed by atoms with Crippen molar-refractivity contribution in [1.82, 2.24) is 19.6 Å². The van der Waals surface area contributed by atoms with E-state index < -0.39 is 0 Å². The number of rotatable bonds is 7. The predicted octanol–water partition coefficient (Wildman–Crippen LogP) is 2.22. The zero-order valence-corrected chi connectivity index (χ0v) is 18.6. The lowest BCUT2D eigenvalue weighted by Gasteiger charge is -2.38. The van der Waals surface area contributed by atoms with Crippen LogP contribution in [0.5, 0.6) is 5.75 Å². The standard InChI is InChI=1S/C23H32N4O2S/c1-29-22-5-3-2-4-21(22)17-25-7-9-26(10-8-25)18-23(28)27-13-11-24(12-14-27)16-20-6-15-30-19-20/h2-6,15,19H,7-14,16-18H2,1H3. The van der Waals surface area contributed by atoms with Gasteiger partial charge in [-0.25, -0.2) is 0 Å². The van der Waals surface area contributed by atoms with Crippen LogP contribution in [0.15, 0.2) is 41.1 Å². The molecule has 0 atom stereocenters. The number of hydrogen-bond donors (Lipinski definition) is 0. The van der Waals surface area contributed by atoms with Gasteiger partial charge in [-0.15, -0.1) is 0 Å². The molecule has 3 heterocycles. The van der Waals surface area contributed by atoms with Crippen LogP contribution in [0.25, 0.3) is 0 Å². The second-order valence-corrected chi connectivity index (χ2v) is 8.93. The first-order valence-electron chi connectivity index (χ1n) is 10.8. The van der Waals surface area contributed by atoms with Gasteiger partial charge in [0.15, 0.2) is 0 Å². The first-order valence-corrected chi connectivity index (χ1v) is 11.7. The number of thiophene rings is 1. The lowest BCUT2D eigenvalue weighted by Crippen LogP contribution is -2.53. The fraction of sp³-hybridized carbons (Fsp3) is 0.522. The van der Waals surface area contributed by atoms with E-state index in [9.17, 15) is 4.79 Å². The van der Waals surface area contributed by atoms with Crippen molar-refractivity contribution >= 4 is 17.2 Å². The Bertz CT molecular complexity index is 797. The second-order valence-electron chi connectivity index (χ2n) is 8.15. The van der Waals surface area contributed by atoms with Crippen molar-refractivity contribution in [2.75, 3.05) is 66.0 Å². The second kappa shape index (κ2) is 10.4. The van der Waals surface area contributed by atoms with Crippen LogP contribution in [0.3, 0.4) is 0 Å². The summed E-state index contributed by atoms with van der Waals surface area (Å²) in [5.41, 5.74) is 2.61. The van der Waals surface area contributed by atoms with E-state index in [2.05, 4.69) is 43.7 Å². The number of carbonyl (C=O) groups is 1. The molecule has 0 N–H and O–H groups in total. The Morgan fingerprint density at radius 2 is 1.57 bits per heavy atom. The van der Waals surface area contributed by atoms with Crippen molar-refractivity contribution < 1.29 is 9.53 Å². The van der Waals surface area contributed by atoms with Crippen molar-refractivity contribution in [1.29, 1.82) is 0 Å². The molecule has 1 amide bonds. The average Bonchev–Trinajstić information content (AvgIpc) is 3.29. The normalized spacial score (nSPS) is 19.2. The molecule has 1 aromatic carbocycles. The van der Waals surface area contributed by atoms with Crippen LogP contribution < -0.4 is 4.74 Å². The van der Waals surface area contributed by atoms with Crippen LogP contribution in [-0.2, 0) is 17.9 Å². The monoisotopic (exact) mass is 428 g/mol. The van der Waals surface area contributed by atoms with Crippen LogP contribution in [0.2, 0.25) is 0 Å². The Labute approximate surface area is 183 Å². The van der Waals surface area contributed by atoms with Crippen molar-refractivity contribution in [3.8, 4) is 5.75 Å². The summed E-state index contributed by atoms with van der Waals surface area (Å²) in [4.78, 5) is 22.0. The zero-order chi connectivity index (χ0) is 20.8. The van der Waals surface area contributed by atoms with Gasteiger partial charge in [0.1, 0.15) is 5.75 Å². The zero-order valence-electron chi connectivity index (χ0n) is 17.8. The molecular formula is C23H32N4O2S. The summed E-state index contributed by atoms with van der Waals surface area (Å²) in [7, 11) is 1.73. The molecule has 7 heteroatoms. The summed E-state index contributed by atoms with van der Waals surface area (Å²) in [6, 6.07) is 10.4. The molecule has 4 rings (SSSR count). The lowest BCUT2D eigenvalue weighted by atomic mass is 10.1. The molecule has 0 aliphatic carbocycles. The number of carbonyl (C=O) groups excluding carboxylic acids is 1. The maximum Gasteiger partial charge on any atom is 0.236 e. The van der Waals surface area contributed by atoms with E-state index in [-0.39, 0.29) is 5.91 Å². The first-order chi connectivity index (χ1) is 14.7. The lowest BCUT2D eigenvalue weighted by molar-refractivity contribution is -0.134. The first kappa shape index (κ1) is 21.3. The Hall–Kier alpha value is -1.93. The third kappa shape index (κ3) is 5.60. The fourth-order valence-electron chi connectivity index (χ4n) is 4.27. The Balaban J connectivity index is 1.17. The van der Waals surface area contributed by atoms with Gasteiger partial charge < -0.3 is 9.64 Å². The molecule has 2 aromatic rings. The highest BCUT2D eigenvalue weighted by Gasteiger charge is 2.25. The molecule has 2 saturated heterocycles. The maximum atomic E-state index is 12.8. The highest BCUT2D eigenvalue weighted by Crippen LogP contribution is 2.20. The highest BCUT2D eigenvalue weighted by molar-refractivity contribution is 7.07. The molecule has 0 unspecified atom stereocenters. The number of nitrogens with zero attached hydrogens (tertiary/aromatic N) is 4. The predicted molar refractivity (Wildman–Crippen MR) is 121 cm³/mol. The van der Waals surface area contributed by atoms with Crippen LogP contribution in [0.4, 0.5) is 0 Å². The molecule has 2 aliphatic rings. The highest BCUT2D eigenvalue weighted by atomic mass is 32.1. The summed E-state index contributed by atoms with van der Waals surface area (Å²) in [5.74, 6) is 1.23. The Morgan fingerprint density at radius 3 is 2.27 bits per heavy atom. The third-order valence-electron chi connectivity index (χ3n) is 6.12. The van der Waals surface area contributed by atoms with E-state index in [4.69, 9.17) is 4.74 Å². The van der Waals surface area contributed by atoms with Crippen molar-refractivity contribution in [2.45, 2.75) is 13.1 Å².